The lowest BCUT2D eigenvalue weighted by Gasteiger charge is -2.18. The molecule has 2 N–H and O–H groups in total. The zero-order chi connectivity index (χ0) is 28.5. The van der Waals surface area contributed by atoms with Gasteiger partial charge in [-0.15, -0.1) is 14.7 Å². The summed E-state index contributed by atoms with van der Waals surface area (Å²) in [5.41, 5.74) is -0.193. The van der Waals surface area contributed by atoms with Crippen LogP contribution in [-0.4, -0.2) is 49.4 Å². The fourth-order valence-electron chi connectivity index (χ4n) is 3.87. The lowest BCUT2D eigenvalue weighted by molar-refractivity contribution is -0.0529. The third kappa shape index (κ3) is 5.46. The maximum atomic E-state index is 13.2. The maximum absolute atomic E-state index is 13.2. The molecule has 0 bridgehead atoms. The number of rotatable bonds is 11. The van der Waals surface area contributed by atoms with E-state index in [1.807, 2.05) is 4.95 Å². The van der Waals surface area contributed by atoms with Gasteiger partial charge in [-0.1, -0.05) is 17.3 Å². The molecule has 3 aromatic rings. The van der Waals surface area contributed by atoms with Gasteiger partial charge in [0.2, 0.25) is 0 Å². The molecular weight excluding hydrogens is 570 g/mol. The Morgan fingerprint density at radius 2 is 1.79 bits per heavy atom. The van der Waals surface area contributed by atoms with Crippen molar-refractivity contribution in [3.8, 4) is 0 Å². The van der Waals surface area contributed by atoms with Gasteiger partial charge in [0, 0.05) is 32.5 Å². The van der Waals surface area contributed by atoms with Gasteiger partial charge in [0.25, 0.3) is 5.56 Å². The molecule has 0 spiro atoms. The molecule has 0 aliphatic carbocycles. The van der Waals surface area contributed by atoms with E-state index in [1.165, 1.54) is 0 Å². The van der Waals surface area contributed by atoms with Gasteiger partial charge < -0.3 is 19.5 Å². The van der Waals surface area contributed by atoms with Crippen LogP contribution >= 0.6 is 15.4 Å². The second kappa shape index (κ2) is 10.9. The largest absolute Gasteiger partial charge is 0.513 e. The fraction of sp³-hybridized carbons (Fsp3) is 0.389. The predicted molar refractivity (Wildman–Crippen MR) is 128 cm³/mol. The normalized spacial score (nSPS) is 22.9. The molecule has 0 radical (unpaired) electrons. The van der Waals surface area contributed by atoms with E-state index in [2.05, 4.69) is 14.0 Å². The molecule has 1 saturated heterocycles. The first kappa shape index (κ1) is 28.4. The molecule has 1 aromatic carbocycles. The van der Waals surface area contributed by atoms with Crippen molar-refractivity contribution in [2.24, 2.45) is 14.8 Å². The SMILES string of the molecule is Cc1cccc2onc(Cn3c(=O)ccn([C@@H]4O[C@H](COP(=O)(N=O)OP(=O)(N=O)N=O)[C@H](O)[C@@H]4O)c3=O)c12. The molecule has 4 rings (SSSR count). The number of fused-ring (bicyclic) bond motifs is 1. The second-order valence-corrected chi connectivity index (χ2v) is 11.5. The molecule has 1 aliphatic rings. The van der Waals surface area contributed by atoms with Gasteiger partial charge in [-0.2, -0.15) is 4.31 Å². The summed E-state index contributed by atoms with van der Waals surface area (Å²) in [6, 6.07) is 6.18. The van der Waals surface area contributed by atoms with Gasteiger partial charge in [0.1, 0.15) is 24.0 Å². The highest BCUT2D eigenvalue weighted by Crippen LogP contribution is 2.66. The Morgan fingerprint density at radius 3 is 2.46 bits per heavy atom. The van der Waals surface area contributed by atoms with E-state index in [4.69, 9.17) is 9.26 Å². The number of hydrogen-bond acceptors (Lipinski definition) is 14. The van der Waals surface area contributed by atoms with Crippen molar-refractivity contribution in [3.63, 3.8) is 0 Å². The summed E-state index contributed by atoms with van der Waals surface area (Å²) in [5.74, 6) is 0. The van der Waals surface area contributed by atoms with Crippen LogP contribution in [0.4, 0.5) is 0 Å². The number of aryl methyl sites for hydroxylation is 1. The summed E-state index contributed by atoms with van der Waals surface area (Å²) in [5, 5.41) is 25.4. The minimum Gasteiger partial charge on any atom is -0.387 e. The van der Waals surface area contributed by atoms with Crippen molar-refractivity contribution >= 4 is 26.4 Å². The Labute approximate surface area is 215 Å². The molecular formula is C18H18N6O13P2. The first-order valence-electron chi connectivity index (χ1n) is 10.7. The summed E-state index contributed by atoms with van der Waals surface area (Å²) >= 11 is 0. The molecule has 19 nitrogen and oxygen atoms in total. The maximum Gasteiger partial charge on any atom is 0.513 e. The van der Waals surface area contributed by atoms with E-state index < -0.39 is 57.8 Å². The van der Waals surface area contributed by atoms with E-state index >= 15 is 0 Å². The summed E-state index contributed by atoms with van der Waals surface area (Å²) in [7, 11) is -10.6. The summed E-state index contributed by atoms with van der Waals surface area (Å²) in [6.45, 7) is 0.443. The molecule has 39 heavy (non-hydrogen) atoms. The molecule has 5 atom stereocenters. The van der Waals surface area contributed by atoms with E-state index in [-0.39, 0.29) is 12.2 Å². The average molecular weight is 588 g/mol. The van der Waals surface area contributed by atoms with Crippen LogP contribution in [0.3, 0.4) is 0 Å². The summed E-state index contributed by atoms with van der Waals surface area (Å²) in [6.07, 6.45) is -5.87. The van der Waals surface area contributed by atoms with E-state index in [0.717, 1.165) is 27.0 Å². The van der Waals surface area contributed by atoms with Crippen molar-refractivity contribution in [1.82, 2.24) is 14.3 Å². The Morgan fingerprint density at radius 1 is 1.08 bits per heavy atom. The number of nitrogens with zero attached hydrogens (tertiary/aromatic N) is 6. The van der Waals surface area contributed by atoms with Gasteiger partial charge in [-0.25, -0.2) is 13.9 Å². The quantitative estimate of drug-likeness (QED) is 0.238. The van der Waals surface area contributed by atoms with Crippen molar-refractivity contribution in [2.45, 2.75) is 38.0 Å². The zero-order valence-corrected chi connectivity index (χ0v) is 21.4. The molecule has 1 unspecified atom stereocenters. The standard InChI is InChI=1S/C18H18N6O13P2/c1-9-3-2-4-11-14(9)10(19-36-11)7-24-13(25)5-6-23(18(24)28)17-16(27)15(26)12(35-17)8-34-39(33,22-31)37-38(32,20-29)21-30/h2-6,12,15-17,26-27H,7-8H2,1H3/t12-,15+,16+,17-,39?/m1/s1. The smallest absolute Gasteiger partial charge is 0.387 e. The topological polar surface area (TPSA) is 261 Å². The van der Waals surface area contributed by atoms with Crippen molar-refractivity contribution in [2.75, 3.05) is 6.61 Å². The summed E-state index contributed by atoms with van der Waals surface area (Å²) in [4.78, 5) is 63.0. The Hall–Kier alpha value is -3.57. The highest BCUT2D eigenvalue weighted by atomic mass is 31.3. The molecule has 3 heterocycles. The number of hydrogen-bond donors (Lipinski definition) is 2. The van der Waals surface area contributed by atoms with Gasteiger partial charge in [-0.3, -0.25) is 18.5 Å². The summed E-state index contributed by atoms with van der Waals surface area (Å²) < 4.78 is 44.6. The van der Waals surface area contributed by atoms with Crippen LogP contribution in [0.15, 0.2) is 59.4 Å². The monoisotopic (exact) mass is 588 g/mol. The third-order valence-corrected chi connectivity index (χ3v) is 8.47. The molecule has 0 amide bonds. The van der Waals surface area contributed by atoms with E-state index in [0.29, 0.717) is 11.0 Å². The minimum atomic E-state index is -5.31. The van der Waals surface area contributed by atoms with Crippen LogP contribution in [-0.2, 0) is 29.2 Å². The molecule has 1 fully saturated rings. The minimum absolute atomic E-state index is 0.281. The zero-order valence-electron chi connectivity index (χ0n) is 19.6. The number of nitroso groups, excluding NO2 is 3. The average Bonchev–Trinajstić information content (AvgIpc) is 3.46. The van der Waals surface area contributed by atoms with Crippen molar-refractivity contribution < 1.29 is 37.4 Å². The first-order chi connectivity index (χ1) is 18.5. The Balaban J connectivity index is 1.57. The molecule has 208 valence electrons. The van der Waals surface area contributed by atoms with Crippen molar-refractivity contribution in [3.05, 3.63) is 77.3 Å². The lowest BCUT2D eigenvalue weighted by atomic mass is 10.1. The van der Waals surface area contributed by atoms with Crippen LogP contribution in [0.1, 0.15) is 17.5 Å². The van der Waals surface area contributed by atoms with Gasteiger partial charge in [0.05, 0.1) is 13.2 Å². The third-order valence-electron chi connectivity index (χ3n) is 5.71. The van der Waals surface area contributed by atoms with Crippen LogP contribution in [0.25, 0.3) is 11.0 Å². The number of aromatic nitrogens is 3. The van der Waals surface area contributed by atoms with Crippen LogP contribution in [0, 0.1) is 21.6 Å². The number of aliphatic hydroxyl groups is 2. The number of aliphatic hydroxyl groups excluding tert-OH is 2. The molecule has 2 aromatic heterocycles. The van der Waals surface area contributed by atoms with Crippen LogP contribution < -0.4 is 11.2 Å². The van der Waals surface area contributed by atoms with Crippen LogP contribution in [0.2, 0.25) is 0 Å². The van der Waals surface area contributed by atoms with Gasteiger partial charge >= 0.3 is 21.1 Å². The fourth-order valence-corrected chi connectivity index (χ4v) is 5.90. The molecule has 1 aliphatic heterocycles. The van der Waals surface area contributed by atoms with Gasteiger partial charge in [0.15, 0.2) is 11.8 Å². The predicted octanol–water partition coefficient (Wildman–Crippen LogP) is 1.68. The van der Waals surface area contributed by atoms with E-state index in [1.54, 1.807) is 35.0 Å². The first-order valence-corrected chi connectivity index (χ1v) is 13.8. The Bertz CT molecular complexity index is 1640. The van der Waals surface area contributed by atoms with Crippen LogP contribution in [0.5, 0.6) is 0 Å². The van der Waals surface area contributed by atoms with E-state index in [9.17, 15) is 43.7 Å². The highest BCUT2D eigenvalue weighted by Gasteiger charge is 2.47. The molecule has 21 heteroatoms. The lowest BCUT2D eigenvalue weighted by Crippen LogP contribution is -2.43. The second-order valence-electron chi connectivity index (χ2n) is 8.14. The number of benzene rings is 1. The van der Waals surface area contributed by atoms with Crippen molar-refractivity contribution in [1.29, 1.82) is 0 Å². The Kier molecular flexibility index (Phi) is 7.94. The molecule has 0 saturated carbocycles. The highest BCUT2D eigenvalue weighted by molar-refractivity contribution is 7.67. The number of ether oxygens (including phenoxy) is 1. The van der Waals surface area contributed by atoms with Gasteiger partial charge in [-0.05, 0) is 18.6 Å².